The van der Waals surface area contributed by atoms with Crippen molar-refractivity contribution in [1.82, 2.24) is 9.88 Å². The van der Waals surface area contributed by atoms with Crippen molar-refractivity contribution < 1.29 is 9.18 Å². The van der Waals surface area contributed by atoms with E-state index < -0.39 is 5.95 Å². The lowest BCUT2D eigenvalue weighted by Crippen LogP contribution is -2.49. The molecule has 1 N–H and O–H groups in total. The zero-order valence-corrected chi connectivity index (χ0v) is 14.6. The van der Waals surface area contributed by atoms with E-state index in [-0.39, 0.29) is 5.91 Å². The number of benzene rings is 1. The average Bonchev–Trinajstić information content (AvgIpc) is 2.59. The van der Waals surface area contributed by atoms with Gasteiger partial charge in [-0.05, 0) is 43.2 Å². The topological polar surface area (TPSA) is 48.5 Å². The third-order valence-electron chi connectivity index (χ3n) is 4.43. The molecule has 5 nitrogen and oxygen atoms in total. The first-order chi connectivity index (χ1) is 12.0. The van der Waals surface area contributed by atoms with Gasteiger partial charge >= 0.3 is 0 Å². The monoisotopic (exact) mass is 342 g/mol. The van der Waals surface area contributed by atoms with Gasteiger partial charge in [0, 0.05) is 31.9 Å². The Morgan fingerprint density at radius 1 is 1.16 bits per heavy atom. The van der Waals surface area contributed by atoms with Crippen molar-refractivity contribution in [3.8, 4) is 0 Å². The van der Waals surface area contributed by atoms with Crippen molar-refractivity contribution in [2.24, 2.45) is 0 Å². The van der Waals surface area contributed by atoms with Gasteiger partial charge in [-0.2, -0.15) is 4.39 Å². The number of hydrogen-bond acceptors (Lipinski definition) is 4. The normalized spacial score (nSPS) is 15.2. The highest BCUT2D eigenvalue weighted by atomic mass is 19.1. The van der Waals surface area contributed by atoms with E-state index in [4.69, 9.17) is 0 Å². The maximum atomic E-state index is 13.2. The molecule has 25 heavy (non-hydrogen) atoms. The number of aryl methyl sites for hydroxylation is 2. The number of halogens is 1. The molecule has 0 radical (unpaired) electrons. The van der Waals surface area contributed by atoms with Crippen LogP contribution in [0.2, 0.25) is 0 Å². The molecule has 3 rings (SSSR count). The van der Waals surface area contributed by atoms with Crippen LogP contribution in [-0.2, 0) is 4.79 Å². The lowest BCUT2D eigenvalue weighted by atomic mass is 10.1. The third-order valence-corrected chi connectivity index (χ3v) is 4.43. The molecule has 1 aromatic carbocycles. The molecule has 1 fully saturated rings. The van der Waals surface area contributed by atoms with Gasteiger partial charge in [-0.25, -0.2) is 4.98 Å². The van der Waals surface area contributed by atoms with Crippen LogP contribution in [0.15, 0.2) is 36.4 Å². The molecule has 1 aromatic heterocycles. The Bertz CT molecular complexity index is 757. The molecule has 0 aliphatic carbocycles. The van der Waals surface area contributed by atoms with Gasteiger partial charge in [0.25, 0.3) is 0 Å². The molecule has 0 unspecified atom stereocenters. The maximum Gasteiger partial charge on any atom is 0.238 e. The van der Waals surface area contributed by atoms with Crippen LogP contribution in [0.3, 0.4) is 0 Å². The fourth-order valence-electron chi connectivity index (χ4n) is 2.97. The minimum Gasteiger partial charge on any atom is -0.354 e. The molecule has 1 aliphatic rings. The second kappa shape index (κ2) is 7.61. The zero-order chi connectivity index (χ0) is 17.8. The summed E-state index contributed by atoms with van der Waals surface area (Å²) in [6.45, 7) is 7.31. The maximum absolute atomic E-state index is 13.2. The van der Waals surface area contributed by atoms with Crippen molar-refractivity contribution in [3.05, 3.63) is 53.5 Å². The molecule has 0 atom stereocenters. The van der Waals surface area contributed by atoms with Gasteiger partial charge in [0.2, 0.25) is 11.9 Å². The van der Waals surface area contributed by atoms with Gasteiger partial charge in [-0.1, -0.05) is 18.2 Å². The number of nitrogens with zero attached hydrogens (tertiary/aromatic N) is 3. The summed E-state index contributed by atoms with van der Waals surface area (Å²) in [7, 11) is 0. The Labute approximate surface area is 147 Å². The van der Waals surface area contributed by atoms with Crippen LogP contribution < -0.4 is 10.2 Å². The summed E-state index contributed by atoms with van der Waals surface area (Å²) >= 11 is 0. The number of carbonyl (C=O) groups excluding carboxylic acids is 1. The van der Waals surface area contributed by atoms with Crippen LogP contribution in [0.4, 0.5) is 15.9 Å². The molecule has 1 saturated heterocycles. The number of carbonyl (C=O) groups is 1. The summed E-state index contributed by atoms with van der Waals surface area (Å²) in [5.41, 5.74) is 3.05. The van der Waals surface area contributed by atoms with E-state index in [2.05, 4.69) is 15.2 Å². The van der Waals surface area contributed by atoms with Gasteiger partial charge in [-0.3, -0.25) is 9.69 Å². The quantitative estimate of drug-likeness (QED) is 0.868. The summed E-state index contributed by atoms with van der Waals surface area (Å²) < 4.78 is 13.2. The van der Waals surface area contributed by atoms with E-state index in [0.29, 0.717) is 12.4 Å². The summed E-state index contributed by atoms with van der Waals surface area (Å²) in [5.74, 6) is 0.179. The predicted octanol–water partition coefficient (Wildman–Crippen LogP) is 2.60. The number of aromatic nitrogens is 1. The molecule has 0 spiro atoms. The van der Waals surface area contributed by atoms with Crippen LogP contribution in [0.1, 0.15) is 11.1 Å². The van der Waals surface area contributed by atoms with Crippen LogP contribution >= 0.6 is 0 Å². The van der Waals surface area contributed by atoms with E-state index >= 15 is 0 Å². The second-order valence-corrected chi connectivity index (χ2v) is 6.45. The minimum atomic E-state index is -0.465. The van der Waals surface area contributed by atoms with Crippen molar-refractivity contribution in [2.75, 3.05) is 42.9 Å². The Morgan fingerprint density at radius 2 is 1.92 bits per heavy atom. The molecular weight excluding hydrogens is 319 g/mol. The highest BCUT2D eigenvalue weighted by Gasteiger charge is 2.20. The van der Waals surface area contributed by atoms with Gasteiger partial charge in [0.05, 0.1) is 6.54 Å². The number of hydrogen-bond donors (Lipinski definition) is 1. The summed E-state index contributed by atoms with van der Waals surface area (Å²) in [6.07, 6.45) is 0. The number of piperazine rings is 1. The first-order valence-electron chi connectivity index (χ1n) is 8.48. The standard InChI is InChI=1S/C19H23FN4O/c1-14-6-7-15(2)16(12-14)21-19(25)13-23-8-10-24(11-9-23)18-5-3-4-17(20)22-18/h3-7,12H,8-11,13H2,1-2H3,(H,21,25). The Kier molecular flexibility index (Phi) is 5.28. The van der Waals surface area contributed by atoms with Crippen LogP contribution in [0, 0.1) is 19.8 Å². The van der Waals surface area contributed by atoms with Crippen molar-refractivity contribution >= 4 is 17.4 Å². The molecule has 1 amide bonds. The number of rotatable bonds is 4. The smallest absolute Gasteiger partial charge is 0.238 e. The van der Waals surface area contributed by atoms with E-state index in [1.54, 1.807) is 6.07 Å². The summed E-state index contributed by atoms with van der Waals surface area (Å²) in [5, 5.41) is 2.99. The fraction of sp³-hybridized carbons (Fsp3) is 0.368. The largest absolute Gasteiger partial charge is 0.354 e. The van der Waals surface area contributed by atoms with Gasteiger partial charge in [0.1, 0.15) is 5.82 Å². The number of anilines is 2. The van der Waals surface area contributed by atoms with Crippen LogP contribution in [0.5, 0.6) is 0 Å². The fourth-order valence-corrected chi connectivity index (χ4v) is 2.97. The average molecular weight is 342 g/mol. The Hall–Kier alpha value is -2.47. The number of pyridine rings is 1. The first-order valence-corrected chi connectivity index (χ1v) is 8.48. The van der Waals surface area contributed by atoms with E-state index in [0.717, 1.165) is 43.0 Å². The second-order valence-electron chi connectivity index (χ2n) is 6.45. The summed E-state index contributed by atoms with van der Waals surface area (Å²) in [4.78, 5) is 20.4. The highest BCUT2D eigenvalue weighted by molar-refractivity contribution is 5.93. The molecule has 1 aliphatic heterocycles. The lowest BCUT2D eigenvalue weighted by Gasteiger charge is -2.35. The first kappa shape index (κ1) is 17.4. The SMILES string of the molecule is Cc1ccc(C)c(NC(=O)CN2CCN(c3cccc(F)n3)CC2)c1. The van der Waals surface area contributed by atoms with Gasteiger partial charge < -0.3 is 10.2 Å². The molecule has 0 bridgehead atoms. The Morgan fingerprint density at radius 3 is 2.64 bits per heavy atom. The molecular formula is C19H23FN4O. The molecule has 132 valence electrons. The molecule has 2 heterocycles. The molecule has 0 saturated carbocycles. The molecule has 6 heteroatoms. The van der Waals surface area contributed by atoms with Crippen molar-refractivity contribution in [1.29, 1.82) is 0 Å². The predicted molar refractivity (Wildman–Crippen MR) is 97.4 cm³/mol. The van der Waals surface area contributed by atoms with Crippen molar-refractivity contribution in [2.45, 2.75) is 13.8 Å². The van der Waals surface area contributed by atoms with E-state index in [9.17, 15) is 9.18 Å². The van der Waals surface area contributed by atoms with Gasteiger partial charge in [-0.15, -0.1) is 0 Å². The number of amides is 1. The van der Waals surface area contributed by atoms with Gasteiger partial charge in [0.15, 0.2) is 0 Å². The molecule has 2 aromatic rings. The third kappa shape index (κ3) is 4.54. The van der Waals surface area contributed by atoms with Crippen molar-refractivity contribution in [3.63, 3.8) is 0 Å². The lowest BCUT2D eigenvalue weighted by molar-refractivity contribution is -0.117. The van der Waals surface area contributed by atoms with Crippen LogP contribution in [0.25, 0.3) is 0 Å². The zero-order valence-electron chi connectivity index (χ0n) is 14.6. The Balaban J connectivity index is 1.52. The summed E-state index contributed by atoms with van der Waals surface area (Å²) in [6, 6.07) is 10.9. The highest BCUT2D eigenvalue weighted by Crippen LogP contribution is 2.17. The minimum absolute atomic E-state index is 0.00831. The number of nitrogens with one attached hydrogen (secondary N) is 1. The van der Waals surface area contributed by atoms with E-state index in [1.807, 2.05) is 43.0 Å². The van der Waals surface area contributed by atoms with Crippen LogP contribution in [-0.4, -0.2) is 48.5 Å². The van der Waals surface area contributed by atoms with E-state index in [1.165, 1.54) is 6.07 Å².